The second kappa shape index (κ2) is 5.88. The SMILES string of the molecule is CCc1nc2n(n1)[C@@H](c1ccco1)C=C(c1ccc(OC)cc1)N2. The van der Waals surface area contributed by atoms with Gasteiger partial charge in [-0.25, -0.2) is 4.68 Å². The molecule has 122 valence electrons. The zero-order chi connectivity index (χ0) is 16.5. The molecule has 1 aliphatic rings. The van der Waals surface area contributed by atoms with Crippen LogP contribution in [-0.2, 0) is 6.42 Å². The normalized spacial score (nSPS) is 16.2. The number of anilines is 1. The first-order chi connectivity index (χ1) is 11.8. The van der Waals surface area contributed by atoms with Crippen LogP contribution in [-0.4, -0.2) is 21.9 Å². The number of allylic oxidation sites excluding steroid dienone is 1. The molecule has 0 radical (unpaired) electrons. The molecule has 3 heterocycles. The van der Waals surface area contributed by atoms with Crippen molar-refractivity contribution >= 4 is 11.6 Å². The Morgan fingerprint density at radius 1 is 1.25 bits per heavy atom. The third kappa shape index (κ3) is 2.46. The van der Waals surface area contributed by atoms with E-state index in [1.165, 1.54) is 0 Å². The van der Waals surface area contributed by atoms with Crippen molar-refractivity contribution < 1.29 is 9.15 Å². The summed E-state index contributed by atoms with van der Waals surface area (Å²) in [6.07, 6.45) is 4.56. The van der Waals surface area contributed by atoms with Crippen LogP contribution in [0, 0.1) is 0 Å². The molecule has 1 aliphatic heterocycles. The summed E-state index contributed by atoms with van der Waals surface area (Å²) in [6.45, 7) is 2.04. The van der Waals surface area contributed by atoms with E-state index in [9.17, 15) is 0 Å². The molecule has 0 amide bonds. The minimum Gasteiger partial charge on any atom is -0.497 e. The molecule has 4 rings (SSSR count). The van der Waals surface area contributed by atoms with Gasteiger partial charge in [0.2, 0.25) is 5.95 Å². The van der Waals surface area contributed by atoms with Crippen molar-refractivity contribution in [2.75, 3.05) is 12.4 Å². The smallest absolute Gasteiger partial charge is 0.226 e. The molecule has 0 unspecified atom stereocenters. The van der Waals surface area contributed by atoms with Crippen LogP contribution in [0.5, 0.6) is 5.75 Å². The Morgan fingerprint density at radius 2 is 2.08 bits per heavy atom. The predicted molar refractivity (Wildman–Crippen MR) is 90.8 cm³/mol. The van der Waals surface area contributed by atoms with Gasteiger partial charge in [-0.3, -0.25) is 0 Å². The van der Waals surface area contributed by atoms with E-state index >= 15 is 0 Å². The summed E-state index contributed by atoms with van der Waals surface area (Å²) in [4.78, 5) is 4.57. The van der Waals surface area contributed by atoms with Gasteiger partial charge >= 0.3 is 0 Å². The second-order valence-corrected chi connectivity index (χ2v) is 5.54. The summed E-state index contributed by atoms with van der Waals surface area (Å²) >= 11 is 0. The largest absolute Gasteiger partial charge is 0.497 e. The van der Waals surface area contributed by atoms with Gasteiger partial charge in [-0.15, -0.1) is 0 Å². The standard InChI is InChI=1S/C18H18N4O2/c1-3-17-20-18-19-14(12-6-8-13(23-2)9-7-12)11-15(22(18)21-17)16-5-4-10-24-16/h4-11,15H,3H2,1-2H3,(H,19,20,21)/t15-/m1/s1. The third-order valence-corrected chi connectivity index (χ3v) is 4.06. The molecule has 6 nitrogen and oxygen atoms in total. The van der Waals surface area contributed by atoms with Crippen LogP contribution in [0.4, 0.5) is 5.95 Å². The monoisotopic (exact) mass is 322 g/mol. The molecule has 1 atom stereocenters. The molecule has 0 aliphatic carbocycles. The maximum atomic E-state index is 5.61. The van der Waals surface area contributed by atoms with Gasteiger partial charge in [0.25, 0.3) is 0 Å². The molecule has 0 bridgehead atoms. The highest BCUT2D eigenvalue weighted by Crippen LogP contribution is 2.33. The minimum atomic E-state index is -0.124. The van der Waals surface area contributed by atoms with Gasteiger partial charge in [0.1, 0.15) is 17.6 Å². The van der Waals surface area contributed by atoms with E-state index in [1.807, 2.05) is 48.0 Å². The molecule has 1 aromatic carbocycles. The maximum absolute atomic E-state index is 5.61. The Balaban J connectivity index is 1.77. The van der Waals surface area contributed by atoms with Crippen molar-refractivity contribution in [1.29, 1.82) is 0 Å². The fourth-order valence-electron chi connectivity index (χ4n) is 2.79. The van der Waals surface area contributed by atoms with Crippen LogP contribution in [0.3, 0.4) is 0 Å². The number of aromatic nitrogens is 3. The number of rotatable bonds is 4. The second-order valence-electron chi connectivity index (χ2n) is 5.54. The number of furan rings is 1. The number of ether oxygens (including phenoxy) is 1. The zero-order valence-electron chi connectivity index (χ0n) is 13.6. The lowest BCUT2D eigenvalue weighted by atomic mass is 10.1. The van der Waals surface area contributed by atoms with Crippen molar-refractivity contribution in [2.45, 2.75) is 19.4 Å². The topological polar surface area (TPSA) is 65.1 Å². The highest BCUT2D eigenvalue weighted by atomic mass is 16.5. The van der Waals surface area contributed by atoms with E-state index in [2.05, 4.69) is 21.5 Å². The van der Waals surface area contributed by atoms with Crippen LogP contribution < -0.4 is 10.1 Å². The van der Waals surface area contributed by atoms with E-state index in [-0.39, 0.29) is 6.04 Å². The van der Waals surface area contributed by atoms with Crippen LogP contribution in [0.2, 0.25) is 0 Å². The Morgan fingerprint density at radius 3 is 2.75 bits per heavy atom. The average molecular weight is 322 g/mol. The van der Waals surface area contributed by atoms with Gasteiger partial charge in [0, 0.05) is 12.1 Å². The number of hydrogen-bond donors (Lipinski definition) is 1. The number of aryl methyl sites for hydroxylation is 1. The molecule has 0 saturated carbocycles. The van der Waals surface area contributed by atoms with Gasteiger partial charge in [0.05, 0.1) is 13.4 Å². The van der Waals surface area contributed by atoms with E-state index in [0.29, 0.717) is 0 Å². The lowest BCUT2D eigenvalue weighted by Crippen LogP contribution is -2.19. The zero-order valence-corrected chi connectivity index (χ0v) is 13.6. The fraction of sp³-hybridized carbons (Fsp3) is 0.222. The Hall–Kier alpha value is -3.02. The molecule has 6 heteroatoms. The first kappa shape index (κ1) is 14.6. The van der Waals surface area contributed by atoms with Crippen LogP contribution >= 0.6 is 0 Å². The predicted octanol–water partition coefficient (Wildman–Crippen LogP) is 3.50. The highest BCUT2D eigenvalue weighted by Gasteiger charge is 2.26. The number of fused-ring (bicyclic) bond motifs is 1. The van der Waals surface area contributed by atoms with E-state index in [4.69, 9.17) is 9.15 Å². The number of nitrogens with zero attached hydrogens (tertiary/aromatic N) is 3. The van der Waals surface area contributed by atoms with Crippen molar-refractivity contribution in [3.8, 4) is 5.75 Å². The quantitative estimate of drug-likeness (QED) is 0.796. The average Bonchev–Trinajstić information content (AvgIpc) is 3.30. The van der Waals surface area contributed by atoms with Crippen LogP contribution in [0.15, 0.2) is 53.2 Å². The summed E-state index contributed by atoms with van der Waals surface area (Å²) in [5.74, 6) is 3.19. The lowest BCUT2D eigenvalue weighted by Gasteiger charge is -2.22. The van der Waals surface area contributed by atoms with Gasteiger partial charge in [-0.1, -0.05) is 6.92 Å². The molecule has 2 aromatic heterocycles. The number of nitrogens with one attached hydrogen (secondary N) is 1. The van der Waals surface area contributed by atoms with Crippen LogP contribution in [0.25, 0.3) is 5.70 Å². The molecule has 3 aromatic rings. The van der Waals surface area contributed by atoms with E-state index in [1.54, 1.807) is 13.4 Å². The van der Waals surface area contributed by atoms with Crippen molar-refractivity contribution in [3.63, 3.8) is 0 Å². The summed E-state index contributed by atoms with van der Waals surface area (Å²) in [5, 5.41) is 7.95. The molecule has 0 fully saturated rings. The van der Waals surface area contributed by atoms with Crippen molar-refractivity contribution in [3.05, 3.63) is 65.9 Å². The Bertz CT molecular complexity index is 863. The Kier molecular flexibility index (Phi) is 3.57. The Labute approximate surface area is 139 Å². The molecule has 1 N–H and O–H groups in total. The van der Waals surface area contributed by atoms with E-state index < -0.39 is 0 Å². The number of benzene rings is 1. The van der Waals surface area contributed by atoms with Crippen molar-refractivity contribution in [2.24, 2.45) is 0 Å². The highest BCUT2D eigenvalue weighted by molar-refractivity contribution is 5.77. The number of hydrogen-bond acceptors (Lipinski definition) is 5. The molecule has 0 saturated heterocycles. The molecule has 0 spiro atoms. The van der Waals surface area contributed by atoms with Gasteiger partial charge in [-0.05, 0) is 48.0 Å². The van der Waals surface area contributed by atoms with E-state index in [0.717, 1.165) is 41.0 Å². The maximum Gasteiger partial charge on any atom is 0.226 e. The first-order valence-corrected chi connectivity index (χ1v) is 7.90. The first-order valence-electron chi connectivity index (χ1n) is 7.90. The van der Waals surface area contributed by atoms with Gasteiger partial charge in [-0.2, -0.15) is 10.1 Å². The minimum absolute atomic E-state index is 0.124. The molecular formula is C18H18N4O2. The molecular weight excluding hydrogens is 304 g/mol. The van der Waals surface area contributed by atoms with Gasteiger partial charge in [0.15, 0.2) is 5.82 Å². The summed E-state index contributed by atoms with van der Waals surface area (Å²) in [7, 11) is 1.66. The fourth-order valence-corrected chi connectivity index (χ4v) is 2.79. The van der Waals surface area contributed by atoms with Crippen LogP contribution in [0.1, 0.15) is 30.1 Å². The third-order valence-electron chi connectivity index (χ3n) is 4.06. The summed E-state index contributed by atoms with van der Waals surface area (Å²) in [5.41, 5.74) is 2.03. The molecule has 24 heavy (non-hydrogen) atoms. The summed E-state index contributed by atoms with van der Waals surface area (Å²) < 4.78 is 12.7. The van der Waals surface area contributed by atoms with Crippen molar-refractivity contribution in [1.82, 2.24) is 14.8 Å². The lowest BCUT2D eigenvalue weighted by molar-refractivity contribution is 0.415. The van der Waals surface area contributed by atoms with Gasteiger partial charge < -0.3 is 14.5 Å². The number of methoxy groups -OCH3 is 1. The summed E-state index contributed by atoms with van der Waals surface area (Å²) in [6, 6.07) is 11.6.